The lowest BCUT2D eigenvalue weighted by molar-refractivity contribution is 1.17. The first kappa shape index (κ1) is 10.1. The van der Waals surface area contributed by atoms with E-state index in [1.54, 1.807) is 24.7 Å². The van der Waals surface area contributed by atoms with Gasteiger partial charge in [-0.15, -0.1) is 0 Å². The molecule has 2 aromatic heterocycles. The molecule has 3 aromatic rings. The molecule has 0 bridgehead atoms. The minimum Gasteiger partial charge on any atom is -0.253 e. The van der Waals surface area contributed by atoms with Crippen LogP contribution in [0.25, 0.3) is 22.4 Å². The lowest BCUT2D eigenvalue weighted by Gasteiger charge is -2.01. The molecule has 0 amide bonds. The number of rotatable bonds is 1. The zero-order chi connectivity index (χ0) is 11.7. The molecule has 0 unspecified atom stereocenters. The molecular formula is C12H7ClN4. The molecule has 0 N–H and O–H groups in total. The number of nitrogens with zero attached hydrogens (tertiary/aromatic N) is 4. The van der Waals surface area contributed by atoms with E-state index in [0.29, 0.717) is 11.0 Å². The summed E-state index contributed by atoms with van der Waals surface area (Å²) in [6, 6.07) is 7.34. The Balaban J connectivity index is 2.18. The van der Waals surface area contributed by atoms with E-state index < -0.39 is 0 Å². The highest BCUT2D eigenvalue weighted by molar-refractivity contribution is 6.29. The number of fused-ring (bicyclic) bond motifs is 1. The van der Waals surface area contributed by atoms with Gasteiger partial charge in [-0.3, -0.25) is 9.97 Å². The second-order valence-electron chi connectivity index (χ2n) is 3.46. The van der Waals surface area contributed by atoms with Gasteiger partial charge in [0.05, 0.1) is 11.0 Å². The Labute approximate surface area is 102 Å². The minimum absolute atomic E-state index is 0.425. The fourth-order valence-corrected chi connectivity index (χ4v) is 1.71. The lowest BCUT2D eigenvalue weighted by atomic mass is 10.2. The SMILES string of the molecule is Clc1ccnc(-c2ccc3nccnc3c2)n1. The van der Waals surface area contributed by atoms with E-state index in [4.69, 9.17) is 11.6 Å². The maximum atomic E-state index is 5.83. The van der Waals surface area contributed by atoms with Gasteiger partial charge >= 0.3 is 0 Å². The molecule has 5 heteroatoms. The third kappa shape index (κ3) is 1.94. The highest BCUT2D eigenvalue weighted by atomic mass is 35.5. The summed E-state index contributed by atoms with van der Waals surface area (Å²) in [4.78, 5) is 16.8. The molecule has 4 nitrogen and oxygen atoms in total. The van der Waals surface area contributed by atoms with Crippen LogP contribution in [0.15, 0.2) is 42.9 Å². The van der Waals surface area contributed by atoms with E-state index in [1.165, 1.54) is 0 Å². The van der Waals surface area contributed by atoms with Gasteiger partial charge in [0, 0.05) is 24.2 Å². The Bertz CT molecular complexity index is 684. The van der Waals surface area contributed by atoms with E-state index in [9.17, 15) is 0 Å². The summed E-state index contributed by atoms with van der Waals surface area (Å²) in [6.07, 6.45) is 4.95. The smallest absolute Gasteiger partial charge is 0.160 e. The first-order valence-electron chi connectivity index (χ1n) is 5.02. The molecule has 0 spiro atoms. The van der Waals surface area contributed by atoms with Crippen LogP contribution in [-0.2, 0) is 0 Å². The minimum atomic E-state index is 0.425. The van der Waals surface area contributed by atoms with Gasteiger partial charge in [-0.1, -0.05) is 11.6 Å². The van der Waals surface area contributed by atoms with Crippen LogP contribution in [-0.4, -0.2) is 19.9 Å². The first-order valence-corrected chi connectivity index (χ1v) is 5.40. The molecular weight excluding hydrogens is 236 g/mol. The normalized spacial score (nSPS) is 10.6. The van der Waals surface area contributed by atoms with E-state index in [2.05, 4.69) is 19.9 Å². The molecule has 0 aliphatic carbocycles. The molecule has 1 aromatic carbocycles. The zero-order valence-electron chi connectivity index (χ0n) is 8.71. The molecule has 17 heavy (non-hydrogen) atoms. The predicted molar refractivity (Wildman–Crippen MR) is 65.6 cm³/mol. The quantitative estimate of drug-likeness (QED) is 0.616. The van der Waals surface area contributed by atoms with Crippen LogP contribution in [0, 0.1) is 0 Å². The van der Waals surface area contributed by atoms with Crippen LogP contribution in [0.1, 0.15) is 0 Å². The van der Waals surface area contributed by atoms with Crippen LogP contribution >= 0.6 is 11.6 Å². The Kier molecular flexibility index (Phi) is 2.42. The van der Waals surface area contributed by atoms with Gasteiger partial charge in [-0.25, -0.2) is 9.97 Å². The van der Waals surface area contributed by atoms with Gasteiger partial charge < -0.3 is 0 Å². The van der Waals surface area contributed by atoms with Crippen molar-refractivity contribution in [3.63, 3.8) is 0 Å². The summed E-state index contributed by atoms with van der Waals surface area (Å²) in [7, 11) is 0. The summed E-state index contributed by atoms with van der Waals surface area (Å²) < 4.78 is 0. The van der Waals surface area contributed by atoms with Gasteiger partial charge in [-0.2, -0.15) is 0 Å². The average Bonchev–Trinajstić information content (AvgIpc) is 2.38. The van der Waals surface area contributed by atoms with E-state index >= 15 is 0 Å². The molecule has 0 aliphatic rings. The second kappa shape index (κ2) is 4.07. The van der Waals surface area contributed by atoms with E-state index in [-0.39, 0.29) is 0 Å². The largest absolute Gasteiger partial charge is 0.253 e. The zero-order valence-corrected chi connectivity index (χ0v) is 9.46. The van der Waals surface area contributed by atoms with Crippen LogP contribution in [0.2, 0.25) is 5.15 Å². The molecule has 0 aliphatic heterocycles. The predicted octanol–water partition coefficient (Wildman–Crippen LogP) is 2.74. The van der Waals surface area contributed by atoms with Crippen molar-refractivity contribution in [2.45, 2.75) is 0 Å². The fraction of sp³-hybridized carbons (Fsp3) is 0. The average molecular weight is 243 g/mol. The Morgan fingerprint density at radius 3 is 2.47 bits per heavy atom. The molecule has 0 fully saturated rings. The summed E-state index contributed by atoms with van der Waals surface area (Å²) in [5.74, 6) is 0.588. The lowest BCUT2D eigenvalue weighted by Crippen LogP contribution is -1.89. The van der Waals surface area contributed by atoms with Crippen molar-refractivity contribution in [3.05, 3.63) is 48.0 Å². The molecule has 3 rings (SSSR count). The monoisotopic (exact) mass is 242 g/mol. The first-order chi connectivity index (χ1) is 8.33. The van der Waals surface area contributed by atoms with Crippen molar-refractivity contribution in [1.29, 1.82) is 0 Å². The number of hydrogen-bond donors (Lipinski definition) is 0. The summed E-state index contributed by atoms with van der Waals surface area (Å²) in [5.41, 5.74) is 2.53. The van der Waals surface area contributed by atoms with Crippen molar-refractivity contribution in [2.75, 3.05) is 0 Å². The maximum absolute atomic E-state index is 5.83. The fourth-order valence-electron chi connectivity index (χ4n) is 1.58. The van der Waals surface area contributed by atoms with Crippen LogP contribution < -0.4 is 0 Å². The van der Waals surface area contributed by atoms with Crippen LogP contribution in [0.5, 0.6) is 0 Å². The molecule has 0 saturated heterocycles. The Morgan fingerprint density at radius 1 is 0.824 bits per heavy atom. The third-order valence-corrected chi connectivity index (χ3v) is 2.56. The second-order valence-corrected chi connectivity index (χ2v) is 3.85. The molecule has 0 saturated carbocycles. The Morgan fingerprint density at radius 2 is 1.65 bits per heavy atom. The van der Waals surface area contributed by atoms with E-state index in [1.807, 2.05) is 18.2 Å². The standard InChI is InChI=1S/C12H7ClN4/c13-11-3-4-16-12(17-11)8-1-2-9-10(7-8)15-6-5-14-9/h1-7H. The highest BCUT2D eigenvalue weighted by Gasteiger charge is 2.03. The molecule has 82 valence electrons. The summed E-state index contributed by atoms with van der Waals surface area (Å²) in [6.45, 7) is 0. The topological polar surface area (TPSA) is 51.6 Å². The van der Waals surface area contributed by atoms with E-state index in [0.717, 1.165) is 16.6 Å². The van der Waals surface area contributed by atoms with Gasteiger partial charge in [0.15, 0.2) is 5.82 Å². The van der Waals surface area contributed by atoms with Crippen molar-refractivity contribution < 1.29 is 0 Å². The number of benzene rings is 1. The summed E-state index contributed by atoms with van der Waals surface area (Å²) in [5, 5.41) is 0.425. The van der Waals surface area contributed by atoms with Gasteiger partial charge in [-0.05, 0) is 24.3 Å². The number of aromatic nitrogens is 4. The Hall–Kier alpha value is -2.07. The van der Waals surface area contributed by atoms with Gasteiger partial charge in [0.25, 0.3) is 0 Å². The van der Waals surface area contributed by atoms with Crippen LogP contribution in [0.4, 0.5) is 0 Å². The number of hydrogen-bond acceptors (Lipinski definition) is 4. The molecule has 0 radical (unpaired) electrons. The molecule has 0 atom stereocenters. The van der Waals surface area contributed by atoms with Crippen LogP contribution in [0.3, 0.4) is 0 Å². The number of halogens is 1. The van der Waals surface area contributed by atoms with Crippen molar-refractivity contribution in [2.24, 2.45) is 0 Å². The maximum Gasteiger partial charge on any atom is 0.160 e. The highest BCUT2D eigenvalue weighted by Crippen LogP contribution is 2.19. The molecule has 2 heterocycles. The summed E-state index contributed by atoms with van der Waals surface area (Å²) >= 11 is 5.83. The third-order valence-electron chi connectivity index (χ3n) is 2.35. The van der Waals surface area contributed by atoms with Crippen molar-refractivity contribution in [1.82, 2.24) is 19.9 Å². The van der Waals surface area contributed by atoms with Crippen molar-refractivity contribution >= 4 is 22.6 Å². The van der Waals surface area contributed by atoms with Crippen molar-refractivity contribution in [3.8, 4) is 11.4 Å². The van der Waals surface area contributed by atoms with Gasteiger partial charge in [0.1, 0.15) is 5.15 Å². The van der Waals surface area contributed by atoms with Gasteiger partial charge in [0.2, 0.25) is 0 Å².